The van der Waals surface area contributed by atoms with Crippen molar-refractivity contribution in [1.29, 1.82) is 0 Å². The van der Waals surface area contributed by atoms with E-state index in [4.69, 9.17) is 16.3 Å². The van der Waals surface area contributed by atoms with Crippen molar-refractivity contribution in [3.8, 4) is 0 Å². The lowest BCUT2D eigenvalue weighted by atomic mass is 10.0. The van der Waals surface area contributed by atoms with E-state index in [1.165, 1.54) is 12.1 Å². The van der Waals surface area contributed by atoms with Gasteiger partial charge in [0.1, 0.15) is 0 Å². The number of nitrogens with zero attached hydrogens (tertiary/aromatic N) is 1. The minimum absolute atomic E-state index is 0.0228. The summed E-state index contributed by atoms with van der Waals surface area (Å²) in [7, 11) is 0. The number of para-hydroxylation sites is 1. The summed E-state index contributed by atoms with van der Waals surface area (Å²) in [5.41, 5.74) is 7.70. The van der Waals surface area contributed by atoms with Gasteiger partial charge in [0.15, 0.2) is 6.61 Å². The number of carbonyl (C=O) groups excluding carboxylic acids is 4. The number of aryl methyl sites for hydroxylation is 2. The van der Waals surface area contributed by atoms with Crippen LogP contribution in [-0.4, -0.2) is 36.8 Å². The van der Waals surface area contributed by atoms with Crippen molar-refractivity contribution >= 4 is 41.0 Å². The molecule has 1 aliphatic rings. The smallest absolute Gasteiger partial charge is 0.311 e. The number of anilines is 1. The number of nitrogens with one attached hydrogen (secondary N) is 2. The molecule has 2 N–H and O–H groups in total. The Balaban J connectivity index is 1.52. The lowest BCUT2D eigenvalue weighted by Crippen LogP contribution is -2.43. The van der Waals surface area contributed by atoms with Crippen LogP contribution in [0.4, 0.5) is 5.69 Å². The number of halogens is 1. The summed E-state index contributed by atoms with van der Waals surface area (Å²) in [5.74, 6) is -2.67. The van der Waals surface area contributed by atoms with Crippen LogP contribution in [0, 0.1) is 5.92 Å². The fraction of sp³-hybridized carbons (Fsp3) is 0.333. The molecular formula is C24H26ClN3O5. The third-order valence-electron chi connectivity index (χ3n) is 5.46. The zero-order valence-corrected chi connectivity index (χ0v) is 19.3. The number of hydrogen-bond acceptors (Lipinski definition) is 5. The van der Waals surface area contributed by atoms with E-state index in [0.29, 0.717) is 10.6 Å². The Labute approximate surface area is 197 Å². The highest BCUT2D eigenvalue weighted by Crippen LogP contribution is 2.32. The van der Waals surface area contributed by atoms with Crippen molar-refractivity contribution in [1.82, 2.24) is 10.9 Å². The first-order chi connectivity index (χ1) is 15.8. The second-order valence-electron chi connectivity index (χ2n) is 7.65. The van der Waals surface area contributed by atoms with Gasteiger partial charge in [0.05, 0.1) is 5.92 Å². The van der Waals surface area contributed by atoms with E-state index >= 15 is 0 Å². The fourth-order valence-corrected chi connectivity index (χ4v) is 3.86. The van der Waals surface area contributed by atoms with E-state index in [1.807, 2.05) is 32.0 Å². The van der Waals surface area contributed by atoms with Crippen LogP contribution in [0.25, 0.3) is 0 Å². The average molecular weight is 472 g/mol. The molecule has 3 amide bonds. The summed E-state index contributed by atoms with van der Waals surface area (Å²) in [6.07, 6.45) is 1.56. The second-order valence-corrected chi connectivity index (χ2v) is 8.09. The van der Waals surface area contributed by atoms with E-state index in [1.54, 1.807) is 17.0 Å². The van der Waals surface area contributed by atoms with Gasteiger partial charge in [-0.2, -0.15) is 0 Å². The quantitative estimate of drug-likeness (QED) is 0.477. The molecule has 1 heterocycles. The summed E-state index contributed by atoms with van der Waals surface area (Å²) in [4.78, 5) is 50.8. The largest absolute Gasteiger partial charge is 0.455 e. The van der Waals surface area contributed by atoms with Crippen LogP contribution in [0.3, 0.4) is 0 Å². The number of hydrogen-bond donors (Lipinski definition) is 2. The standard InChI is InChI=1S/C24H26ClN3O5/c1-3-15-6-5-7-16(4-2)22(15)28-13-18(12-21(28)30)24(32)33-14-20(29)26-27-23(31)17-8-10-19(25)11-9-17/h5-11,18H,3-4,12-14H2,1-2H3,(H,26,29)(H,27,31)/t18-/m1/s1. The molecule has 3 rings (SSSR count). The minimum atomic E-state index is -0.698. The van der Waals surface area contributed by atoms with Crippen molar-refractivity contribution in [2.24, 2.45) is 5.92 Å². The highest BCUT2D eigenvalue weighted by molar-refractivity contribution is 6.30. The van der Waals surface area contributed by atoms with E-state index in [0.717, 1.165) is 29.7 Å². The van der Waals surface area contributed by atoms with Crippen molar-refractivity contribution in [3.05, 3.63) is 64.2 Å². The van der Waals surface area contributed by atoms with E-state index < -0.39 is 30.3 Å². The number of rotatable bonds is 7. The Morgan fingerprint density at radius 2 is 1.67 bits per heavy atom. The summed E-state index contributed by atoms with van der Waals surface area (Å²) < 4.78 is 5.09. The number of amides is 3. The van der Waals surface area contributed by atoms with Crippen LogP contribution in [0.5, 0.6) is 0 Å². The normalized spacial score (nSPS) is 15.3. The van der Waals surface area contributed by atoms with Gasteiger partial charge in [0.25, 0.3) is 11.8 Å². The first-order valence-corrected chi connectivity index (χ1v) is 11.1. The molecule has 0 aliphatic carbocycles. The maximum Gasteiger partial charge on any atom is 0.311 e. The average Bonchev–Trinajstić information content (AvgIpc) is 3.21. The van der Waals surface area contributed by atoms with Crippen LogP contribution in [0.2, 0.25) is 5.02 Å². The van der Waals surface area contributed by atoms with Gasteiger partial charge in [-0.05, 0) is 48.2 Å². The third-order valence-corrected chi connectivity index (χ3v) is 5.71. The number of ether oxygens (including phenoxy) is 1. The number of hydrazine groups is 1. The zero-order chi connectivity index (χ0) is 24.0. The highest BCUT2D eigenvalue weighted by atomic mass is 35.5. The number of carbonyl (C=O) groups is 4. The maximum atomic E-state index is 12.7. The molecule has 0 spiro atoms. The fourth-order valence-electron chi connectivity index (χ4n) is 3.73. The molecule has 1 atom stereocenters. The van der Waals surface area contributed by atoms with Crippen LogP contribution in [0.1, 0.15) is 41.8 Å². The monoisotopic (exact) mass is 471 g/mol. The topological polar surface area (TPSA) is 105 Å². The van der Waals surface area contributed by atoms with E-state index in [-0.39, 0.29) is 18.9 Å². The molecule has 0 aromatic heterocycles. The molecule has 1 aliphatic heterocycles. The van der Waals surface area contributed by atoms with E-state index in [9.17, 15) is 19.2 Å². The van der Waals surface area contributed by atoms with Crippen LogP contribution < -0.4 is 15.8 Å². The third kappa shape index (κ3) is 5.90. The molecule has 2 aromatic carbocycles. The maximum absolute atomic E-state index is 12.7. The molecular weight excluding hydrogens is 446 g/mol. The van der Waals surface area contributed by atoms with Crippen LogP contribution in [-0.2, 0) is 32.0 Å². The van der Waals surface area contributed by atoms with Gasteiger partial charge in [-0.15, -0.1) is 0 Å². The van der Waals surface area contributed by atoms with Crippen molar-refractivity contribution in [2.45, 2.75) is 33.1 Å². The predicted molar refractivity (Wildman–Crippen MR) is 124 cm³/mol. The summed E-state index contributed by atoms with van der Waals surface area (Å²) in [6, 6.07) is 12.0. The molecule has 174 valence electrons. The first kappa shape index (κ1) is 24.3. The molecule has 0 saturated carbocycles. The Bertz CT molecular complexity index is 1030. The van der Waals surface area contributed by atoms with Crippen LogP contribution >= 0.6 is 11.6 Å². The van der Waals surface area contributed by atoms with Crippen molar-refractivity contribution in [3.63, 3.8) is 0 Å². The Morgan fingerprint density at radius 1 is 1.03 bits per heavy atom. The van der Waals surface area contributed by atoms with E-state index in [2.05, 4.69) is 10.9 Å². The highest BCUT2D eigenvalue weighted by Gasteiger charge is 2.37. The molecule has 2 aromatic rings. The zero-order valence-electron chi connectivity index (χ0n) is 18.5. The van der Waals surface area contributed by atoms with Gasteiger partial charge in [-0.25, -0.2) is 0 Å². The molecule has 33 heavy (non-hydrogen) atoms. The summed E-state index contributed by atoms with van der Waals surface area (Å²) >= 11 is 5.78. The Kier molecular flexibility index (Phi) is 8.06. The lowest BCUT2D eigenvalue weighted by molar-refractivity contribution is -0.152. The Hall–Kier alpha value is -3.39. The molecule has 0 bridgehead atoms. The van der Waals surface area contributed by atoms with Crippen LogP contribution in [0.15, 0.2) is 42.5 Å². The van der Waals surface area contributed by atoms with Gasteiger partial charge in [0, 0.05) is 29.2 Å². The minimum Gasteiger partial charge on any atom is -0.455 e. The molecule has 1 fully saturated rings. The first-order valence-electron chi connectivity index (χ1n) is 10.8. The lowest BCUT2D eigenvalue weighted by Gasteiger charge is -2.23. The molecule has 1 saturated heterocycles. The summed E-state index contributed by atoms with van der Waals surface area (Å²) in [6.45, 7) is 3.68. The van der Waals surface area contributed by atoms with Gasteiger partial charge in [-0.1, -0.05) is 43.6 Å². The van der Waals surface area contributed by atoms with Gasteiger partial charge in [0.2, 0.25) is 5.91 Å². The van der Waals surface area contributed by atoms with Gasteiger partial charge >= 0.3 is 5.97 Å². The molecule has 0 unspecified atom stereocenters. The van der Waals surface area contributed by atoms with Gasteiger partial charge < -0.3 is 9.64 Å². The SMILES string of the molecule is CCc1cccc(CC)c1N1C[C@H](C(=O)OCC(=O)NNC(=O)c2ccc(Cl)cc2)CC1=O. The predicted octanol–water partition coefficient (Wildman–Crippen LogP) is 2.82. The second kappa shape index (κ2) is 11.0. The van der Waals surface area contributed by atoms with Crippen molar-refractivity contribution in [2.75, 3.05) is 18.1 Å². The number of benzene rings is 2. The number of esters is 1. The molecule has 9 heteroatoms. The van der Waals surface area contributed by atoms with Gasteiger partial charge in [-0.3, -0.25) is 30.0 Å². The molecule has 0 radical (unpaired) electrons. The Morgan fingerprint density at radius 3 is 2.27 bits per heavy atom. The van der Waals surface area contributed by atoms with Crippen molar-refractivity contribution < 1.29 is 23.9 Å². The summed E-state index contributed by atoms with van der Waals surface area (Å²) in [5, 5.41) is 0.482. The molecule has 8 nitrogen and oxygen atoms in total.